The Kier molecular flexibility index (Phi) is 4.23. The van der Waals surface area contributed by atoms with Crippen LogP contribution in [0.4, 0.5) is 0 Å². The third kappa shape index (κ3) is 3.71. The molecule has 0 amide bonds. The molecule has 8 nitrogen and oxygen atoms in total. The largest absolute Gasteiger partial charge is 0.495 e. The lowest BCUT2D eigenvalue weighted by Crippen LogP contribution is -2.21. The molecule has 0 atom stereocenters. The van der Waals surface area contributed by atoms with Gasteiger partial charge in [-0.2, -0.15) is 13.5 Å². The molecule has 5 N–H and O–H groups in total. The van der Waals surface area contributed by atoms with E-state index in [9.17, 15) is 8.42 Å². The summed E-state index contributed by atoms with van der Waals surface area (Å²) in [4.78, 5) is -0.362. The van der Waals surface area contributed by atoms with E-state index in [2.05, 4.69) is 10.2 Å². The highest BCUT2D eigenvalue weighted by Gasteiger charge is 2.16. The summed E-state index contributed by atoms with van der Waals surface area (Å²) in [6.07, 6.45) is 1.23. The number of nitrogens with zero attached hydrogens (tertiary/aromatic N) is 2. The van der Waals surface area contributed by atoms with Gasteiger partial charge in [-0.1, -0.05) is 0 Å². The first-order valence-electron chi connectivity index (χ1n) is 4.62. The standard InChI is InChI=1S/C9H12N4O4S/c1-17-7-3-2-6(5-12-13-9(10)11)4-8(7)18(14,15)16/h2-5H,1H3,(H4,10,11,13)(H,14,15,16)/b12-5-. The summed E-state index contributed by atoms with van der Waals surface area (Å²) < 4.78 is 36.1. The average Bonchev–Trinajstić information content (AvgIpc) is 2.27. The quantitative estimate of drug-likeness (QED) is 0.293. The number of guanidine groups is 1. The SMILES string of the molecule is COc1ccc(/C=N\N=C(N)N)cc1S(=O)(=O)O. The first-order valence-corrected chi connectivity index (χ1v) is 6.06. The molecule has 1 aromatic rings. The Morgan fingerprint density at radius 3 is 2.61 bits per heavy atom. The highest BCUT2D eigenvalue weighted by molar-refractivity contribution is 7.86. The van der Waals surface area contributed by atoms with Crippen molar-refractivity contribution in [2.24, 2.45) is 21.7 Å². The number of hydrogen-bond acceptors (Lipinski definition) is 5. The van der Waals surface area contributed by atoms with Crippen LogP contribution in [0.1, 0.15) is 5.56 Å². The lowest BCUT2D eigenvalue weighted by molar-refractivity contribution is 0.397. The van der Waals surface area contributed by atoms with E-state index in [4.69, 9.17) is 20.8 Å². The minimum atomic E-state index is -4.38. The van der Waals surface area contributed by atoms with Crippen LogP contribution in [0.2, 0.25) is 0 Å². The zero-order chi connectivity index (χ0) is 13.8. The molecule has 1 rings (SSSR count). The van der Waals surface area contributed by atoms with Crippen molar-refractivity contribution >= 4 is 22.3 Å². The van der Waals surface area contributed by atoms with Crippen LogP contribution in [0.15, 0.2) is 33.3 Å². The summed E-state index contributed by atoms with van der Waals surface area (Å²) >= 11 is 0. The fourth-order valence-electron chi connectivity index (χ4n) is 1.14. The summed E-state index contributed by atoms with van der Waals surface area (Å²) in [5.74, 6) is -0.203. The van der Waals surface area contributed by atoms with E-state index in [0.29, 0.717) is 5.56 Å². The molecule has 0 saturated heterocycles. The van der Waals surface area contributed by atoms with Gasteiger partial charge in [0.15, 0.2) is 0 Å². The Bertz CT molecular complexity index is 591. The van der Waals surface area contributed by atoms with E-state index >= 15 is 0 Å². The third-order valence-corrected chi connectivity index (χ3v) is 2.72. The molecule has 0 aliphatic rings. The van der Waals surface area contributed by atoms with Crippen molar-refractivity contribution in [3.8, 4) is 5.75 Å². The van der Waals surface area contributed by atoms with Gasteiger partial charge in [0.2, 0.25) is 5.96 Å². The zero-order valence-corrected chi connectivity index (χ0v) is 10.3. The molecule has 0 aliphatic heterocycles. The van der Waals surface area contributed by atoms with Gasteiger partial charge in [-0.3, -0.25) is 4.55 Å². The van der Waals surface area contributed by atoms with Crippen molar-refractivity contribution in [1.29, 1.82) is 0 Å². The maximum absolute atomic E-state index is 11.1. The molecule has 0 spiro atoms. The number of nitrogens with two attached hydrogens (primary N) is 2. The minimum Gasteiger partial charge on any atom is -0.495 e. The first kappa shape index (κ1) is 13.9. The van der Waals surface area contributed by atoms with Gasteiger partial charge in [0, 0.05) is 0 Å². The van der Waals surface area contributed by atoms with Crippen LogP contribution in [-0.2, 0) is 10.1 Å². The minimum absolute atomic E-state index is 0.0245. The van der Waals surface area contributed by atoms with Gasteiger partial charge in [0.1, 0.15) is 10.6 Å². The van der Waals surface area contributed by atoms with E-state index in [-0.39, 0.29) is 16.6 Å². The number of methoxy groups -OCH3 is 1. The van der Waals surface area contributed by atoms with E-state index in [0.717, 1.165) is 0 Å². The maximum atomic E-state index is 11.1. The molecule has 18 heavy (non-hydrogen) atoms. The highest BCUT2D eigenvalue weighted by Crippen LogP contribution is 2.23. The number of benzene rings is 1. The Labute approximate surface area is 104 Å². The summed E-state index contributed by atoms with van der Waals surface area (Å²) in [6, 6.07) is 4.08. The van der Waals surface area contributed by atoms with Crippen LogP contribution in [0, 0.1) is 0 Å². The van der Waals surface area contributed by atoms with Crippen LogP contribution in [-0.4, -0.2) is 32.3 Å². The lowest BCUT2D eigenvalue weighted by atomic mass is 10.2. The molecule has 0 aromatic heterocycles. The van der Waals surface area contributed by atoms with Crippen molar-refractivity contribution in [3.63, 3.8) is 0 Å². The molecule has 0 radical (unpaired) electrons. The van der Waals surface area contributed by atoms with Gasteiger partial charge in [-0.05, 0) is 23.8 Å². The molecule has 0 bridgehead atoms. The Morgan fingerprint density at radius 2 is 2.11 bits per heavy atom. The highest BCUT2D eigenvalue weighted by atomic mass is 32.2. The van der Waals surface area contributed by atoms with Crippen LogP contribution >= 0.6 is 0 Å². The molecular weight excluding hydrogens is 260 g/mol. The summed E-state index contributed by atoms with van der Waals surface area (Å²) in [5.41, 5.74) is 10.5. The smallest absolute Gasteiger partial charge is 0.298 e. The van der Waals surface area contributed by atoms with Crippen molar-refractivity contribution in [3.05, 3.63) is 23.8 Å². The van der Waals surface area contributed by atoms with Gasteiger partial charge in [-0.25, -0.2) is 0 Å². The Hall–Kier alpha value is -2.13. The van der Waals surface area contributed by atoms with Crippen LogP contribution in [0.25, 0.3) is 0 Å². The zero-order valence-electron chi connectivity index (χ0n) is 9.44. The van der Waals surface area contributed by atoms with Gasteiger partial charge >= 0.3 is 0 Å². The second-order valence-corrected chi connectivity index (χ2v) is 4.54. The van der Waals surface area contributed by atoms with Crippen LogP contribution < -0.4 is 16.2 Å². The van der Waals surface area contributed by atoms with Gasteiger partial charge in [0.05, 0.1) is 13.3 Å². The monoisotopic (exact) mass is 272 g/mol. The van der Waals surface area contributed by atoms with Gasteiger partial charge in [-0.15, -0.1) is 5.10 Å². The lowest BCUT2D eigenvalue weighted by Gasteiger charge is -2.05. The van der Waals surface area contributed by atoms with Crippen molar-refractivity contribution in [2.45, 2.75) is 4.90 Å². The first-order chi connectivity index (χ1) is 8.34. The summed E-state index contributed by atoms with van der Waals surface area (Å²) in [5, 5.41) is 6.87. The molecule has 0 saturated carbocycles. The molecule has 1 aromatic carbocycles. The molecular formula is C9H12N4O4S. The van der Waals surface area contributed by atoms with Crippen molar-refractivity contribution in [1.82, 2.24) is 0 Å². The molecule has 0 heterocycles. The van der Waals surface area contributed by atoms with E-state index in [1.807, 2.05) is 0 Å². The second-order valence-electron chi connectivity index (χ2n) is 3.15. The predicted octanol–water partition coefficient (Wildman–Crippen LogP) is -0.451. The number of hydrogen-bond donors (Lipinski definition) is 3. The topological polar surface area (TPSA) is 140 Å². The molecule has 98 valence electrons. The van der Waals surface area contributed by atoms with Crippen molar-refractivity contribution in [2.75, 3.05) is 7.11 Å². The van der Waals surface area contributed by atoms with E-state index < -0.39 is 10.1 Å². The molecule has 0 aliphatic carbocycles. The average molecular weight is 272 g/mol. The fourth-order valence-corrected chi connectivity index (χ4v) is 1.83. The summed E-state index contributed by atoms with van der Waals surface area (Å²) in [6.45, 7) is 0. The molecule has 0 fully saturated rings. The second kappa shape index (κ2) is 5.47. The predicted molar refractivity (Wildman–Crippen MR) is 66.2 cm³/mol. The number of ether oxygens (including phenoxy) is 1. The fraction of sp³-hybridized carbons (Fsp3) is 0.111. The van der Waals surface area contributed by atoms with Crippen molar-refractivity contribution < 1.29 is 17.7 Å². The molecule has 0 unspecified atom stereocenters. The third-order valence-electron chi connectivity index (χ3n) is 1.85. The van der Waals surface area contributed by atoms with Crippen LogP contribution in [0.5, 0.6) is 5.75 Å². The van der Waals surface area contributed by atoms with E-state index in [1.54, 1.807) is 0 Å². The normalized spacial score (nSPS) is 11.4. The summed E-state index contributed by atoms with van der Waals surface area (Å²) in [7, 11) is -3.09. The van der Waals surface area contributed by atoms with Gasteiger partial charge in [0.25, 0.3) is 10.1 Å². The Morgan fingerprint density at radius 1 is 1.44 bits per heavy atom. The Balaban J connectivity index is 3.20. The van der Waals surface area contributed by atoms with E-state index in [1.165, 1.54) is 31.5 Å². The maximum Gasteiger partial charge on any atom is 0.298 e. The van der Waals surface area contributed by atoms with Gasteiger partial charge < -0.3 is 16.2 Å². The van der Waals surface area contributed by atoms with Crippen LogP contribution in [0.3, 0.4) is 0 Å². The number of rotatable bonds is 4. The molecule has 9 heteroatoms.